The van der Waals surface area contributed by atoms with E-state index in [1.165, 1.54) is 58.3 Å². The molecule has 0 aromatic rings. The van der Waals surface area contributed by atoms with Crippen LogP contribution in [0.1, 0.15) is 59.3 Å². The zero-order chi connectivity index (χ0) is 15.2. The van der Waals surface area contributed by atoms with Crippen molar-refractivity contribution in [3.05, 3.63) is 0 Å². The normalized spacial score (nSPS) is 34.0. The summed E-state index contributed by atoms with van der Waals surface area (Å²) in [5, 5.41) is 10.3. The van der Waals surface area contributed by atoms with Crippen molar-refractivity contribution in [3.63, 3.8) is 0 Å². The maximum Gasteiger partial charge on any atom is 0.0580 e. The molecule has 1 saturated heterocycles. The minimum Gasteiger partial charge on any atom is -0.393 e. The van der Waals surface area contributed by atoms with Gasteiger partial charge in [-0.3, -0.25) is 4.90 Å². The second-order valence-electron chi connectivity index (χ2n) is 7.39. The van der Waals surface area contributed by atoms with E-state index >= 15 is 0 Å². The van der Waals surface area contributed by atoms with Crippen LogP contribution in [0, 0.1) is 11.8 Å². The molecule has 0 bridgehead atoms. The summed E-state index contributed by atoms with van der Waals surface area (Å²) in [6.07, 6.45) is 7.37. The summed E-state index contributed by atoms with van der Waals surface area (Å²) < 4.78 is 0. The zero-order valence-corrected chi connectivity index (χ0v) is 14.4. The van der Waals surface area contributed by atoms with Crippen molar-refractivity contribution in [2.45, 2.75) is 71.4 Å². The molecule has 4 atom stereocenters. The average molecular weight is 296 g/mol. The highest BCUT2D eigenvalue weighted by Crippen LogP contribution is 2.32. The van der Waals surface area contributed by atoms with Crippen LogP contribution in [0.15, 0.2) is 0 Å². The Morgan fingerprint density at radius 3 is 2.43 bits per heavy atom. The summed E-state index contributed by atoms with van der Waals surface area (Å²) in [4.78, 5) is 5.22. The van der Waals surface area contributed by atoms with Gasteiger partial charge in [0.25, 0.3) is 0 Å². The van der Waals surface area contributed by atoms with Crippen LogP contribution in [-0.4, -0.2) is 59.8 Å². The number of hydrogen-bond acceptors (Lipinski definition) is 3. The first kappa shape index (κ1) is 17.2. The third-order valence-electron chi connectivity index (χ3n) is 5.86. The van der Waals surface area contributed by atoms with Crippen molar-refractivity contribution in [1.29, 1.82) is 0 Å². The van der Waals surface area contributed by atoms with E-state index in [1.807, 2.05) is 0 Å². The molecule has 1 aliphatic carbocycles. The Morgan fingerprint density at radius 2 is 1.81 bits per heavy atom. The average Bonchev–Trinajstić information content (AvgIpc) is 2.51. The Hall–Kier alpha value is -0.120. The molecule has 0 spiro atoms. The smallest absolute Gasteiger partial charge is 0.0580 e. The number of nitrogens with zero attached hydrogens (tertiary/aromatic N) is 2. The van der Waals surface area contributed by atoms with Gasteiger partial charge in [0.1, 0.15) is 0 Å². The van der Waals surface area contributed by atoms with Gasteiger partial charge in [-0.1, -0.05) is 26.7 Å². The molecule has 0 aromatic carbocycles. The molecule has 1 N–H and O–H groups in total. The highest BCUT2D eigenvalue weighted by molar-refractivity contribution is 4.84. The lowest BCUT2D eigenvalue weighted by molar-refractivity contribution is 0.0117. The molecule has 1 aliphatic heterocycles. The van der Waals surface area contributed by atoms with Crippen molar-refractivity contribution in [2.75, 3.05) is 32.7 Å². The largest absolute Gasteiger partial charge is 0.393 e. The highest BCUT2D eigenvalue weighted by Gasteiger charge is 2.31. The summed E-state index contributed by atoms with van der Waals surface area (Å²) in [7, 11) is 0. The van der Waals surface area contributed by atoms with E-state index in [-0.39, 0.29) is 6.10 Å². The summed E-state index contributed by atoms with van der Waals surface area (Å²) >= 11 is 0. The molecular weight excluding hydrogens is 260 g/mol. The third kappa shape index (κ3) is 4.94. The van der Waals surface area contributed by atoms with Crippen LogP contribution in [0.5, 0.6) is 0 Å². The Morgan fingerprint density at radius 1 is 1.10 bits per heavy atom. The first-order valence-electron chi connectivity index (χ1n) is 9.28. The fourth-order valence-corrected chi connectivity index (χ4v) is 4.19. The van der Waals surface area contributed by atoms with Gasteiger partial charge in [-0.15, -0.1) is 0 Å². The van der Waals surface area contributed by atoms with Crippen LogP contribution >= 0.6 is 0 Å². The second-order valence-corrected chi connectivity index (χ2v) is 7.39. The molecule has 2 fully saturated rings. The van der Waals surface area contributed by atoms with Gasteiger partial charge in [-0.05, 0) is 44.4 Å². The van der Waals surface area contributed by atoms with Crippen LogP contribution < -0.4 is 0 Å². The first-order chi connectivity index (χ1) is 10.1. The van der Waals surface area contributed by atoms with Gasteiger partial charge < -0.3 is 10.0 Å². The highest BCUT2D eigenvalue weighted by atomic mass is 16.3. The molecule has 3 nitrogen and oxygen atoms in total. The number of piperazine rings is 1. The van der Waals surface area contributed by atoms with E-state index < -0.39 is 0 Å². The van der Waals surface area contributed by atoms with E-state index in [4.69, 9.17) is 0 Å². The third-order valence-corrected chi connectivity index (χ3v) is 5.86. The van der Waals surface area contributed by atoms with Crippen LogP contribution in [-0.2, 0) is 0 Å². The topological polar surface area (TPSA) is 26.7 Å². The Balaban J connectivity index is 1.76. The number of aliphatic hydroxyl groups excluding tert-OH is 1. The van der Waals surface area contributed by atoms with Gasteiger partial charge >= 0.3 is 0 Å². The minimum absolute atomic E-state index is 0.0503. The van der Waals surface area contributed by atoms with Crippen molar-refractivity contribution >= 4 is 0 Å². The Kier molecular flexibility index (Phi) is 6.97. The van der Waals surface area contributed by atoms with Crippen molar-refractivity contribution < 1.29 is 5.11 Å². The van der Waals surface area contributed by atoms with Crippen LogP contribution in [0.3, 0.4) is 0 Å². The van der Waals surface area contributed by atoms with Crippen molar-refractivity contribution in [2.24, 2.45) is 11.8 Å². The zero-order valence-electron chi connectivity index (χ0n) is 14.4. The summed E-state index contributed by atoms with van der Waals surface area (Å²) in [5.41, 5.74) is 0. The number of rotatable bonds is 6. The molecule has 2 rings (SSSR count). The molecule has 1 heterocycles. The van der Waals surface area contributed by atoms with E-state index in [2.05, 4.69) is 30.6 Å². The van der Waals surface area contributed by atoms with Gasteiger partial charge in [0.2, 0.25) is 0 Å². The summed E-state index contributed by atoms with van der Waals surface area (Å²) in [6, 6.07) is 0.723. The quantitative estimate of drug-likeness (QED) is 0.816. The maximum atomic E-state index is 10.3. The lowest BCUT2D eigenvalue weighted by Crippen LogP contribution is -2.51. The molecule has 21 heavy (non-hydrogen) atoms. The van der Waals surface area contributed by atoms with Crippen molar-refractivity contribution in [3.8, 4) is 0 Å². The van der Waals surface area contributed by atoms with Gasteiger partial charge in [-0.2, -0.15) is 0 Å². The molecule has 2 aliphatic rings. The SMILES string of the molecule is CCCC1CCC(O)C(CN2CCN(C(C)CC)CC2)C1. The molecule has 0 amide bonds. The van der Waals surface area contributed by atoms with Gasteiger partial charge in [-0.25, -0.2) is 0 Å². The molecule has 1 saturated carbocycles. The van der Waals surface area contributed by atoms with Gasteiger partial charge in [0.15, 0.2) is 0 Å². The van der Waals surface area contributed by atoms with E-state index in [0.29, 0.717) is 5.92 Å². The fourth-order valence-electron chi connectivity index (χ4n) is 4.19. The predicted molar refractivity (Wildman–Crippen MR) is 89.5 cm³/mol. The van der Waals surface area contributed by atoms with Crippen LogP contribution in [0.2, 0.25) is 0 Å². The number of hydrogen-bond donors (Lipinski definition) is 1. The van der Waals surface area contributed by atoms with E-state index in [1.54, 1.807) is 0 Å². The number of aliphatic hydroxyl groups is 1. The molecule has 3 heteroatoms. The second kappa shape index (κ2) is 8.50. The van der Waals surface area contributed by atoms with E-state index in [0.717, 1.165) is 24.9 Å². The van der Waals surface area contributed by atoms with Crippen LogP contribution in [0.4, 0.5) is 0 Å². The Labute approximate surface area is 131 Å². The molecule has 4 unspecified atom stereocenters. The maximum absolute atomic E-state index is 10.3. The Bertz CT molecular complexity index is 289. The van der Waals surface area contributed by atoms with Crippen molar-refractivity contribution in [1.82, 2.24) is 9.80 Å². The summed E-state index contributed by atoms with van der Waals surface area (Å²) in [6.45, 7) is 12.8. The predicted octanol–water partition coefficient (Wildman–Crippen LogP) is 2.98. The first-order valence-corrected chi connectivity index (χ1v) is 9.28. The molecule has 0 aromatic heterocycles. The van der Waals surface area contributed by atoms with E-state index in [9.17, 15) is 5.11 Å². The lowest BCUT2D eigenvalue weighted by Gasteiger charge is -2.41. The minimum atomic E-state index is -0.0503. The fraction of sp³-hybridized carbons (Fsp3) is 1.00. The lowest BCUT2D eigenvalue weighted by atomic mass is 9.77. The van der Waals surface area contributed by atoms with Crippen LogP contribution in [0.25, 0.3) is 0 Å². The molecule has 0 radical (unpaired) electrons. The molecular formula is C18H36N2O. The molecule has 124 valence electrons. The standard InChI is InChI=1S/C18H36N2O/c1-4-6-16-7-8-18(21)17(13-16)14-19-9-11-20(12-10-19)15(3)5-2/h15-18,21H,4-14H2,1-3H3. The monoisotopic (exact) mass is 296 g/mol. The van der Waals surface area contributed by atoms with Gasteiger partial charge in [0.05, 0.1) is 6.10 Å². The van der Waals surface area contributed by atoms with Gasteiger partial charge in [0, 0.05) is 38.8 Å². The summed E-state index contributed by atoms with van der Waals surface area (Å²) in [5.74, 6) is 1.38.